The first kappa shape index (κ1) is 8.99. The highest BCUT2D eigenvalue weighted by atomic mass is 16.2. The lowest BCUT2D eigenvalue weighted by Crippen LogP contribution is -2.24. The molecule has 74 valence electrons. The van der Waals surface area contributed by atoms with E-state index >= 15 is 0 Å². The fourth-order valence-electron chi connectivity index (χ4n) is 1.69. The molecule has 1 unspecified atom stereocenters. The van der Waals surface area contributed by atoms with Crippen molar-refractivity contribution >= 4 is 5.91 Å². The summed E-state index contributed by atoms with van der Waals surface area (Å²) in [5.41, 5.74) is 0.975. The van der Waals surface area contributed by atoms with Crippen molar-refractivity contribution in [2.75, 3.05) is 6.54 Å². The first-order valence-electron chi connectivity index (χ1n) is 4.67. The number of nitrogens with one attached hydrogen (secondary N) is 1. The zero-order valence-electron chi connectivity index (χ0n) is 7.94. The van der Waals surface area contributed by atoms with Crippen molar-refractivity contribution in [3.8, 4) is 0 Å². The third-order valence-corrected chi connectivity index (χ3v) is 2.49. The summed E-state index contributed by atoms with van der Waals surface area (Å²) in [4.78, 5) is 20.2. The molecule has 1 N–H and O–H groups in total. The van der Waals surface area contributed by atoms with Crippen LogP contribution in [0.4, 0.5) is 0 Å². The van der Waals surface area contributed by atoms with Gasteiger partial charge < -0.3 is 9.88 Å². The van der Waals surface area contributed by atoms with Gasteiger partial charge in [-0.05, 0) is 0 Å². The number of carbonyl (C=O) groups is 1. The number of rotatable bonds is 3. The second-order valence-corrected chi connectivity index (χ2v) is 3.55. The van der Waals surface area contributed by atoms with Gasteiger partial charge in [-0.2, -0.15) is 0 Å². The fourth-order valence-corrected chi connectivity index (χ4v) is 1.69. The van der Waals surface area contributed by atoms with Crippen LogP contribution in [0, 0.1) is 5.92 Å². The minimum atomic E-state index is 0.199. The molecule has 1 aliphatic heterocycles. The highest BCUT2D eigenvalue weighted by Gasteiger charge is 2.27. The van der Waals surface area contributed by atoms with E-state index in [1.54, 1.807) is 12.5 Å². The Morgan fingerprint density at radius 2 is 2.64 bits per heavy atom. The summed E-state index contributed by atoms with van der Waals surface area (Å²) in [7, 11) is 0. The second-order valence-electron chi connectivity index (χ2n) is 3.55. The molecule has 2 rings (SSSR count). The quantitative estimate of drug-likeness (QED) is 0.723. The highest BCUT2D eigenvalue weighted by molar-refractivity contribution is 5.78. The lowest BCUT2D eigenvalue weighted by atomic mass is 10.1. The van der Waals surface area contributed by atoms with Gasteiger partial charge in [-0.15, -0.1) is 6.58 Å². The van der Waals surface area contributed by atoms with Crippen LogP contribution in [0.25, 0.3) is 0 Å². The maximum atomic E-state index is 11.5. The summed E-state index contributed by atoms with van der Waals surface area (Å²) < 4.78 is 0. The van der Waals surface area contributed by atoms with Crippen molar-refractivity contribution < 1.29 is 4.79 Å². The molecule has 0 aromatic carbocycles. The van der Waals surface area contributed by atoms with Crippen molar-refractivity contribution in [2.24, 2.45) is 5.92 Å². The Morgan fingerprint density at radius 3 is 3.21 bits per heavy atom. The first-order valence-corrected chi connectivity index (χ1v) is 4.67. The maximum Gasteiger partial charge on any atom is 0.223 e. The molecule has 14 heavy (non-hydrogen) atoms. The van der Waals surface area contributed by atoms with Gasteiger partial charge in [0.25, 0.3) is 0 Å². The summed E-state index contributed by atoms with van der Waals surface area (Å²) in [6, 6.07) is 0. The molecule has 1 aromatic heterocycles. The molecule has 0 aliphatic carbocycles. The van der Waals surface area contributed by atoms with Gasteiger partial charge in [0.2, 0.25) is 5.91 Å². The predicted molar refractivity (Wildman–Crippen MR) is 52.3 cm³/mol. The van der Waals surface area contributed by atoms with Gasteiger partial charge in [-0.3, -0.25) is 4.79 Å². The van der Waals surface area contributed by atoms with Crippen molar-refractivity contribution in [2.45, 2.75) is 13.0 Å². The van der Waals surface area contributed by atoms with E-state index in [9.17, 15) is 4.79 Å². The largest absolute Gasteiger partial charge is 0.347 e. The van der Waals surface area contributed by atoms with Crippen LogP contribution >= 0.6 is 0 Å². The Hall–Kier alpha value is -1.58. The van der Waals surface area contributed by atoms with Crippen LogP contribution in [0.2, 0.25) is 0 Å². The smallest absolute Gasteiger partial charge is 0.223 e. The van der Waals surface area contributed by atoms with Crippen molar-refractivity contribution in [3.63, 3.8) is 0 Å². The van der Waals surface area contributed by atoms with E-state index in [4.69, 9.17) is 0 Å². The average Bonchev–Trinajstić information content (AvgIpc) is 2.78. The third kappa shape index (κ3) is 1.69. The van der Waals surface area contributed by atoms with Gasteiger partial charge in [0.05, 0.1) is 18.6 Å². The minimum absolute atomic E-state index is 0.199. The van der Waals surface area contributed by atoms with Crippen LogP contribution in [0.15, 0.2) is 25.2 Å². The Kier molecular flexibility index (Phi) is 2.35. The minimum Gasteiger partial charge on any atom is -0.347 e. The zero-order chi connectivity index (χ0) is 9.97. The molecule has 1 aliphatic rings. The lowest BCUT2D eigenvalue weighted by molar-refractivity contribution is -0.128. The lowest BCUT2D eigenvalue weighted by Gasteiger charge is -2.14. The summed E-state index contributed by atoms with van der Waals surface area (Å²) in [5, 5.41) is 0. The SMILES string of the molecule is C=CC1CC(=O)N(Cc2cnc[nH]2)C1. The average molecular weight is 191 g/mol. The molecule has 1 fully saturated rings. The van der Waals surface area contributed by atoms with E-state index < -0.39 is 0 Å². The fraction of sp³-hybridized carbons (Fsp3) is 0.400. The number of hydrogen-bond donors (Lipinski definition) is 1. The van der Waals surface area contributed by atoms with Crippen molar-refractivity contribution in [1.29, 1.82) is 0 Å². The predicted octanol–water partition coefficient (Wildman–Crippen LogP) is 0.944. The molecule has 0 spiro atoms. The molecule has 4 heteroatoms. The van der Waals surface area contributed by atoms with Gasteiger partial charge in [0.15, 0.2) is 0 Å². The zero-order valence-corrected chi connectivity index (χ0v) is 7.94. The molecule has 1 aromatic rings. The van der Waals surface area contributed by atoms with Crippen LogP contribution in [-0.4, -0.2) is 27.3 Å². The molecule has 0 radical (unpaired) electrons. The number of hydrogen-bond acceptors (Lipinski definition) is 2. The van der Waals surface area contributed by atoms with Crippen LogP contribution in [0.5, 0.6) is 0 Å². The standard InChI is InChI=1S/C10H13N3O/c1-2-8-3-10(14)13(5-8)6-9-4-11-7-12-9/h2,4,7-8H,1,3,5-6H2,(H,11,12). The molecule has 1 saturated heterocycles. The van der Waals surface area contributed by atoms with Gasteiger partial charge >= 0.3 is 0 Å². The van der Waals surface area contributed by atoms with Gasteiger partial charge in [-0.25, -0.2) is 4.98 Å². The summed E-state index contributed by atoms with van der Waals surface area (Å²) in [6.45, 7) is 5.12. The number of imidazole rings is 1. The summed E-state index contributed by atoms with van der Waals surface area (Å²) in [6.07, 6.45) is 5.82. The summed E-state index contributed by atoms with van der Waals surface area (Å²) in [5.74, 6) is 0.509. The number of likely N-dealkylation sites (tertiary alicyclic amines) is 1. The van der Waals surface area contributed by atoms with E-state index in [-0.39, 0.29) is 5.91 Å². The normalized spacial score (nSPS) is 21.6. The molecule has 2 heterocycles. The second kappa shape index (κ2) is 3.65. The maximum absolute atomic E-state index is 11.5. The Balaban J connectivity index is 1.99. The van der Waals surface area contributed by atoms with Crippen LogP contribution in [0.1, 0.15) is 12.1 Å². The van der Waals surface area contributed by atoms with Crippen LogP contribution in [-0.2, 0) is 11.3 Å². The van der Waals surface area contributed by atoms with Gasteiger partial charge in [0, 0.05) is 25.1 Å². The van der Waals surface area contributed by atoms with E-state index in [1.807, 2.05) is 11.0 Å². The number of H-pyrrole nitrogens is 1. The molecular formula is C10H13N3O. The van der Waals surface area contributed by atoms with Crippen LogP contribution in [0.3, 0.4) is 0 Å². The molecular weight excluding hydrogens is 178 g/mol. The van der Waals surface area contributed by atoms with Crippen LogP contribution < -0.4 is 0 Å². The monoisotopic (exact) mass is 191 g/mol. The molecule has 1 amide bonds. The Labute approximate surface area is 82.6 Å². The number of nitrogens with zero attached hydrogens (tertiary/aromatic N) is 2. The highest BCUT2D eigenvalue weighted by Crippen LogP contribution is 2.19. The number of aromatic amines is 1. The molecule has 4 nitrogen and oxygen atoms in total. The number of carbonyl (C=O) groups excluding carboxylic acids is 1. The van der Waals surface area contributed by atoms with E-state index in [1.165, 1.54) is 0 Å². The third-order valence-electron chi connectivity index (χ3n) is 2.49. The first-order chi connectivity index (χ1) is 6.79. The van der Waals surface area contributed by atoms with Gasteiger partial charge in [-0.1, -0.05) is 6.08 Å². The number of amides is 1. The van der Waals surface area contributed by atoms with Crippen molar-refractivity contribution in [1.82, 2.24) is 14.9 Å². The topological polar surface area (TPSA) is 49.0 Å². The molecule has 0 saturated carbocycles. The number of aromatic nitrogens is 2. The van der Waals surface area contributed by atoms with E-state index in [0.29, 0.717) is 18.9 Å². The molecule has 1 atom stereocenters. The Bertz CT molecular complexity index is 331. The van der Waals surface area contributed by atoms with Gasteiger partial charge in [0.1, 0.15) is 0 Å². The Morgan fingerprint density at radius 1 is 1.79 bits per heavy atom. The summed E-state index contributed by atoms with van der Waals surface area (Å²) >= 11 is 0. The molecule has 0 bridgehead atoms. The van der Waals surface area contributed by atoms with E-state index in [2.05, 4.69) is 16.5 Å². The van der Waals surface area contributed by atoms with Crippen molar-refractivity contribution in [3.05, 3.63) is 30.9 Å². The van der Waals surface area contributed by atoms with E-state index in [0.717, 1.165) is 12.2 Å².